The Morgan fingerprint density at radius 1 is 0.400 bits per heavy atom. The van der Waals surface area contributed by atoms with E-state index in [2.05, 4.69) is 9.97 Å². The number of aromatic amines is 2. The Morgan fingerprint density at radius 3 is 0.867 bits per heavy atom. The van der Waals surface area contributed by atoms with Crippen molar-refractivity contribution >= 4 is 54.5 Å². The molecule has 0 fully saturated rings. The smallest absolute Gasteiger partial charge is 0.324 e. The molecule has 45 heavy (non-hydrogen) atoms. The summed E-state index contributed by atoms with van der Waals surface area (Å²) >= 11 is 0. The highest BCUT2D eigenvalue weighted by atomic mass is 32.3. The van der Waals surface area contributed by atoms with Gasteiger partial charge in [0.15, 0.2) is 23.3 Å². The van der Waals surface area contributed by atoms with Gasteiger partial charge in [-0.05, 0) is 0 Å². The Labute approximate surface area is 254 Å². The first-order chi connectivity index (χ1) is 21.8. The normalized spacial score (nSPS) is 12.0. The van der Waals surface area contributed by atoms with Crippen molar-refractivity contribution < 1.29 is 17.5 Å². The van der Waals surface area contributed by atoms with E-state index in [1.807, 2.05) is 97.1 Å². The lowest BCUT2D eigenvalue weighted by atomic mass is 10.1. The Kier molecular flexibility index (Phi) is 5.99. The average molecular weight is 613 g/mol. The maximum absolute atomic E-state index is 8.74. The van der Waals surface area contributed by atoms with Gasteiger partial charge in [0.2, 0.25) is 0 Å². The lowest BCUT2D eigenvalue weighted by Gasteiger charge is -1.96. The number of benzene rings is 4. The summed E-state index contributed by atoms with van der Waals surface area (Å²) in [7, 11) is -4.67. The van der Waals surface area contributed by atoms with E-state index >= 15 is 0 Å². The molecule has 0 aliphatic carbocycles. The highest BCUT2D eigenvalue weighted by Gasteiger charge is 2.21. The molecule has 3 aromatic heterocycles. The van der Waals surface area contributed by atoms with E-state index in [0.29, 0.717) is 45.9 Å². The fourth-order valence-corrected chi connectivity index (χ4v) is 5.59. The number of nitrogens with one attached hydrogen (secondary N) is 2. The third-order valence-corrected chi connectivity index (χ3v) is 7.46. The summed E-state index contributed by atoms with van der Waals surface area (Å²) in [4.78, 5) is 36.8. The first kappa shape index (κ1) is 26.7. The number of rotatable bonds is 0. The highest BCUT2D eigenvalue weighted by molar-refractivity contribution is 7.79. The maximum atomic E-state index is 8.74. The number of hydrogen-bond donors (Lipinski definition) is 4. The van der Waals surface area contributed by atoms with E-state index in [9.17, 15) is 0 Å². The van der Waals surface area contributed by atoms with E-state index in [4.69, 9.17) is 47.4 Å². The molecule has 9 rings (SSSR count). The minimum atomic E-state index is -4.67. The molecule has 2 aliphatic rings. The Bertz CT molecular complexity index is 2290. The van der Waals surface area contributed by atoms with Crippen molar-refractivity contribution in [2.45, 2.75) is 0 Å². The molecule has 0 saturated heterocycles. The molecule has 13 heteroatoms. The summed E-state index contributed by atoms with van der Waals surface area (Å²) < 4.78 is 31.6. The molecule has 4 N–H and O–H groups in total. The second kappa shape index (κ2) is 10.1. The third kappa shape index (κ3) is 4.77. The summed E-state index contributed by atoms with van der Waals surface area (Å²) in [6, 6.07) is 32.2. The summed E-state index contributed by atoms with van der Waals surface area (Å²) in [5.41, 5.74) is 6.45. The quantitative estimate of drug-likeness (QED) is 0.143. The van der Waals surface area contributed by atoms with Crippen molar-refractivity contribution in [3.63, 3.8) is 0 Å². The van der Waals surface area contributed by atoms with Crippen LogP contribution in [-0.4, -0.2) is 57.4 Å². The molecule has 0 radical (unpaired) electrons. The van der Waals surface area contributed by atoms with Gasteiger partial charge >= 0.3 is 10.4 Å². The molecule has 4 aromatic carbocycles. The number of aromatic nitrogens is 8. The van der Waals surface area contributed by atoms with Crippen LogP contribution in [-0.2, 0) is 10.4 Å². The summed E-state index contributed by atoms with van der Waals surface area (Å²) in [6.07, 6.45) is 0. The molecule has 0 amide bonds. The number of hydrogen-bond acceptors (Lipinski definition) is 8. The zero-order valence-corrected chi connectivity index (χ0v) is 23.9. The molecule has 7 aromatic rings. The van der Waals surface area contributed by atoms with E-state index in [-0.39, 0.29) is 0 Å². The molecular weight excluding hydrogens is 592 g/mol. The standard InChI is InChI=1S/C32H18N8.H2O4S/c1-2-10-18-17(9-1)25-33-26(18)38-28-21-13-5-6-14-22(21)30(35-28)40-32-24-16-8-7-15-23(24)31(36-32)39-29-20-12-4-3-11-19(20)27(34-29)37-25;1-5(2,3)4/h1-16H,(H2,33,34,35,36,37,38,39,40);(H2,1,2,3,4). The molecule has 218 valence electrons. The van der Waals surface area contributed by atoms with Crippen LogP contribution in [0.4, 0.5) is 0 Å². The molecule has 0 atom stereocenters. The first-order valence-electron chi connectivity index (χ1n) is 13.7. The highest BCUT2D eigenvalue weighted by Crippen LogP contribution is 2.36. The fourth-order valence-electron chi connectivity index (χ4n) is 5.59. The molecule has 12 nitrogen and oxygen atoms in total. The van der Waals surface area contributed by atoms with Gasteiger partial charge in [-0.25, -0.2) is 29.9 Å². The molecule has 0 spiro atoms. The lowest BCUT2D eigenvalue weighted by molar-refractivity contribution is 0.381. The maximum Gasteiger partial charge on any atom is 0.394 e. The van der Waals surface area contributed by atoms with Crippen molar-refractivity contribution in [1.29, 1.82) is 0 Å². The monoisotopic (exact) mass is 612 g/mol. The Hall–Kier alpha value is -5.89. The van der Waals surface area contributed by atoms with Crippen LogP contribution in [0.15, 0.2) is 97.1 Å². The SMILES string of the molecule is O=S(=O)(O)O.c1ccc2c(c1)-c1nc-2nc2[nH]c(nc3nc(nc4[nH]c(n1)c1ccccc41)-c1ccccc1-3)c1ccccc21. The minimum Gasteiger partial charge on any atom is -0.324 e. The van der Waals surface area contributed by atoms with Gasteiger partial charge in [-0.3, -0.25) is 9.11 Å². The molecule has 8 bridgehead atoms. The van der Waals surface area contributed by atoms with E-state index < -0.39 is 10.4 Å². The van der Waals surface area contributed by atoms with Crippen LogP contribution in [0, 0.1) is 0 Å². The van der Waals surface area contributed by atoms with Gasteiger partial charge in [0.1, 0.15) is 22.6 Å². The summed E-state index contributed by atoms with van der Waals surface area (Å²) in [6.45, 7) is 0. The van der Waals surface area contributed by atoms with Gasteiger partial charge in [0, 0.05) is 43.8 Å². The van der Waals surface area contributed by atoms with Crippen LogP contribution in [0.5, 0.6) is 0 Å². The second-order valence-electron chi connectivity index (χ2n) is 10.2. The largest absolute Gasteiger partial charge is 0.394 e. The zero-order chi connectivity index (χ0) is 30.7. The molecule has 5 heterocycles. The molecule has 0 unspecified atom stereocenters. The molecule has 2 aliphatic heterocycles. The fraction of sp³-hybridized carbons (Fsp3) is 0. The minimum absolute atomic E-state index is 0.597. The third-order valence-electron chi connectivity index (χ3n) is 7.46. The van der Waals surface area contributed by atoms with Gasteiger partial charge < -0.3 is 9.97 Å². The van der Waals surface area contributed by atoms with Crippen LogP contribution in [0.2, 0.25) is 0 Å². The summed E-state index contributed by atoms with van der Waals surface area (Å²) in [5.74, 6) is 2.39. The topological polar surface area (TPSA) is 184 Å². The van der Waals surface area contributed by atoms with E-state index in [1.165, 1.54) is 0 Å². The predicted molar refractivity (Wildman–Crippen MR) is 170 cm³/mol. The predicted octanol–water partition coefficient (Wildman–Crippen LogP) is 6.22. The van der Waals surface area contributed by atoms with E-state index in [0.717, 1.165) is 43.8 Å². The van der Waals surface area contributed by atoms with Crippen LogP contribution < -0.4 is 0 Å². The van der Waals surface area contributed by atoms with Crippen LogP contribution >= 0.6 is 0 Å². The Morgan fingerprint density at radius 2 is 0.622 bits per heavy atom. The average Bonchev–Trinajstić information content (AvgIpc) is 3.76. The molecule has 0 saturated carbocycles. The van der Waals surface area contributed by atoms with Gasteiger partial charge in [-0.1, -0.05) is 97.1 Å². The van der Waals surface area contributed by atoms with Crippen LogP contribution in [0.3, 0.4) is 0 Å². The zero-order valence-electron chi connectivity index (χ0n) is 23.0. The van der Waals surface area contributed by atoms with Gasteiger partial charge in [-0.2, -0.15) is 8.42 Å². The second-order valence-corrected chi connectivity index (χ2v) is 11.1. The van der Waals surface area contributed by atoms with Crippen molar-refractivity contribution in [1.82, 2.24) is 39.9 Å². The van der Waals surface area contributed by atoms with Crippen molar-refractivity contribution in [3.8, 4) is 45.6 Å². The number of nitrogens with zero attached hydrogens (tertiary/aromatic N) is 6. The van der Waals surface area contributed by atoms with E-state index in [1.54, 1.807) is 0 Å². The lowest BCUT2D eigenvalue weighted by Crippen LogP contribution is -1.89. The first-order valence-corrected chi connectivity index (χ1v) is 15.1. The number of H-pyrrole nitrogens is 2. The van der Waals surface area contributed by atoms with Gasteiger partial charge in [0.05, 0.1) is 0 Å². The molecular formula is C32H20N8O4S. The number of fused-ring (bicyclic) bond motifs is 20. The van der Waals surface area contributed by atoms with Gasteiger partial charge in [0.25, 0.3) is 0 Å². The van der Waals surface area contributed by atoms with Gasteiger partial charge in [-0.15, -0.1) is 0 Å². The van der Waals surface area contributed by atoms with Crippen LogP contribution in [0.25, 0.3) is 89.7 Å². The van der Waals surface area contributed by atoms with Crippen molar-refractivity contribution in [2.24, 2.45) is 0 Å². The summed E-state index contributed by atoms with van der Waals surface area (Å²) in [5, 5.41) is 3.82. The van der Waals surface area contributed by atoms with Crippen molar-refractivity contribution in [3.05, 3.63) is 97.1 Å². The van der Waals surface area contributed by atoms with Crippen LogP contribution in [0.1, 0.15) is 0 Å². The Balaban J connectivity index is 0.000000560. The van der Waals surface area contributed by atoms with Crippen molar-refractivity contribution in [2.75, 3.05) is 0 Å².